The van der Waals surface area contributed by atoms with Gasteiger partial charge in [0.25, 0.3) is 0 Å². The average Bonchev–Trinajstić information content (AvgIpc) is 2.37. The monoisotopic (exact) mass is 325 g/mol. The molecule has 0 bridgehead atoms. The number of thioether (sulfide) groups is 1. The van der Waals surface area contributed by atoms with Crippen LogP contribution in [0.5, 0.6) is 0 Å². The maximum atomic E-state index is 11.7. The molecule has 0 saturated heterocycles. The highest BCUT2D eigenvalue weighted by Crippen LogP contribution is 2.12. The Bertz CT molecular complexity index is 481. The topological polar surface area (TPSA) is 53.2 Å². The van der Waals surface area contributed by atoms with E-state index in [-0.39, 0.29) is 11.4 Å². The van der Waals surface area contributed by atoms with E-state index >= 15 is 0 Å². The lowest BCUT2D eigenvalue weighted by Gasteiger charge is -2.23. The maximum Gasteiger partial charge on any atom is 0.248 e. The van der Waals surface area contributed by atoms with E-state index in [9.17, 15) is 4.79 Å². The molecule has 0 aliphatic rings. The summed E-state index contributed by atoms with van der Waals surface area (Å²) in [5.74, 6) is 1.11. The summed E-state index contributed by atoms with van der Waals surface area (Å²) in [5, 5.41) is 3.48. The summed E-state index contributed by atoms with van der Waals surface area (Å²) < 4.78 is 0. The first-order valence-electron chi connectivity index (χ1n) is 6.76. The zero-order valence-corrected chi connectivity index (χ0v) is 14.6. The quantitative estimate of drug-likeness (QED) is 0.587. The van der Waals surface area contributed by atoms with Crippen LogP contribution in [-0.4, -0.2) is 22.3 Å². The lowest BCUT2D eigenvalue weighted by Crippen LogP contribution is -2.52. The highest BCUT2D eigenvalue weighted by molar-refractivity contribution is 7.99. The molecule has 0 fully saturated rings. The van der Waals surface area contributed by atoms with Crippen molar-refractivity contribution in [1.82, 2.24) is 16.2 Å². The third-order valence-electron chi connectivity index (χ3n) is 2.43. The van der Waals surface area contributed by atoms with Gasteiger partial charge in [0, 0.05) is 11.3 Å². The first-order chi connectivity index (χ1) is 9.76. The minimum Gasteiger partial charge on any atom is -0.357 e. The van der Waals surface area contributed by atoms with Gasteiger partial charge in [-0.2, -0.15) is 0 Å². The Labute approximate surface area is 136 Å². The molecule has 0 spiro atoms. The smallest absolute Gasteiger partial charge is 0.248 e. The predicted octanol–water partition coefficient (Wildman–Crippen LogP) is 2.52. The number of nitrogens with one attached hydrogen (secondary N) is 3. The van der Waals surface area contributed by atoms with E-state index in [1.54, 1.807) is 11.8 Å². The molecule has 6 heteroatoms. The van der Waals surface area contributed by atoms with Crippen molar-refractivity contribution < 1.29 is 4.79 Å². The number of aryl methyl sites for hydroxylation is 1. The molecule has 3 N–H and O–H groups in total. The zero-order valence-electron chi connectivity index (χ0n) is 12.9. The number of amides is 1. The molecule has 1 aromatic carbocycles. The predicted molar refractivity (Wildman–Crippen MR) is 94.1 cm³/mol. The van der Waals surface area contributed by atoms with Crippen LogP contribution in [0, 0.1) is 6.92 Å². The number of rotatable bonds is 4. The minimum atomic E-state index is -0.130. The molecule has 0 atom stereocenters. The Morgan fingerprint density at radius 1 is 1.19 bits per heavy atom. The third-order valence-corrected chi connectivity index (χ3v) is 3.63. The molecule has 1 rings (SSSR count). The van der Waals surface area contributed by atoms with Gasteiger partial charge in [0.15, 0.2) is 5.11 Å². The van der Waals surface area contributed by atoms with Crippen LogP contribution < -0.4 is 16.2 Å². The summed E-state index contributed by atoms with van der Waals surface area (Å²) >= 11 is 6.65. The van der Waals surface area contributed by atoms with E-state index < -0.39 is 0 Å². The molecule has 116 valence electrons. The first-order valence-corrected chi connectivity index (χ1v) is 8.33. The first kappa shape index (κ1) is 17.8. The molecule has 0 unspecified atom stereocenters. The van der Waals surface area contributed by atoms with Crippen LogP contribution in [0.3, 0.4) is 0 Å². The lowest BCUT2D eigenvalue weighted by atomic mass is 10.1. The van der Waals surface area contributed by atoms with Gasteiger partial charge in [-0.3, -0.25) is 15.6 Å². The zero-order chi connectivity index (χ0) is 15.9. The molecule has 0 aliphatic heterocycles. The fourth-order valence-electron chi connectivity index (χ4n) is 1.48. The average molecular weight is 326 g/mol. The number of thiocarbonyl (C=S) groups is 1. The summed E-state index contributed by atoms with van der Waals surface area (Å²) in [7, 11) is 0. The van der Waals surface area contributed by atoms with Gasteiger partial charge in [-0.05, 0) is 45.5 Å². The summed E-state index contributed by atoms with van der Waals surface area (Å²) in [6.07, 6.45) is 0. The van der Waals surface area contributed by atoms with Crippen molar-refractivity contribution in [3.63, 3.8) is 0 Å². The number of carbonyl (C=O) groups is 1. The van der Waals surface area contributed by atoms with Gasteiger partial charge >= 0.3 is 0 Å². The van der Waals surface area contributed by atoms with Gasteiger partial charge in [-0.1, -0.05) is 29.8 Å². The fourth-order valence-corrected chi connectivity index (χ4v) is 2.63. The molecular weight excluding hydrogens is 302 g/mol. The second-order valence-electron chi connectivity index (χ2n) is 5.86. The number of hydrazine groups is 1. The van der Waals surface area contributed by atoms with Gasteiger partial charge in [0.1, 0.15) is 0 Å². The second kappa shape index (κ2) is 8.24. The summed E-state index contributed by atoms with van der Waals surface area (Å²) in [4.78, 5) is 11.7. The Kier molecular flexibility index (Phi) is 6.98. The largest absolute Gasteiger partial charge is 0.357 e. The van der Waals surface area contributed by atoms with Crippen molar-refractivity contribution in [3.05, 3.63) is 35.4 Å². The molecule has 1 amide bonds. The van der Waals surface area contributed by atoms with Gasteiger partial charge in [0.2, 0.25) is 5.91 Å². The molecule has 21 heavy (non-hydrogen) atoms. The van der Waals surface area contributed by atoms with Crippen LogP contribution in [0.4, 0.5) is 0 Å². The standard InChI is InChI=1S/C15H23N3OS2/c1-11-5-7-12(8-6-11)9-21-10-13(19)17-18-14(20)16-15(2,3)4/h5-8H,9-10H2,1-4H3,(H,17,19)(H2,16,18,20). The molecule has 0 saturated carbocycles. The lowest BCUT2D eigenvalue weighted by molar-refractivity contribution is -0.119. The van der Waals surface area contributed by atoms with Crippen LogP contribution in [-0.2, 0) is 10.5 Å². The normalized spacial score (nSPS) is 10.9. The highest BCUT2D eigenvalue weighted by Gasteiger charge is 2.11. The van der Waals surface area contributed by atoms with Crippen molar-refractivity contribution in [2.45, 2.75) is 39.0 Å². The molecule has 0 radical (unpaired) electrons. The minimum absolute atomic E-state index is 0.0924. The van der Waals surface area contributed by atoms with E-state index in [0.29, 0.717) is 10.9 Å². The maximum absolute atomic E-state index is 11.7. The second-order valence-corrected chi connectivity index (χ2v) is 7.25. The Hall–Kier alpha value is -1.27. The highest BCUT2D eigenvalue weighted by atomic mass is 32.2. The SMILES string of the molecule is Cc1ccc(CSCC(=O)NNC(=S)NC(C)(C)C)cc1. The van der Waals surface area contributed by atoms with Crippen molar-refractivity contribution >= 4 is 35.0 Å². The molecule has 1 aromatic rings. The molecule has 0 aliphatic carbocycles. The number of hydrogen-bond acceptors (Lipinski definition) is 3. The molecule has 4 nitrogen and oxygen atoms in total. The summed E-state index contributed by atoms with van der Waals surface area (Å²) in [5.41, 5.74) is 7.62. The van der Waals surface area contributed by atoms with Crippen LogP contribution in [0.15, 0.2) is 24.3 Å². The van der Waals surface area contributed by atoms with Crippen molar-refractivity contribution in [2.24, 2.45) is 0 Å². The van der Waals surface area contributed by atoms with Gasteiger partial charge < -0.3 is 5.32 Å². The molecular formula is C15H23N3OS2. The molecule has 0 heterocycles. The van der Waals surface area contributed by atoms with Crippen molar-refractivity contribution in [2.75, 3.05) is 5.75 Å². The van der Waals surface area contributed by atoms with Gasteiger partial charge in [-0.15, -0.1) is 11.8 Å². The Morgan fingerprint density at radius 3 is 2.38 bits per heavy atom. The number of benzene rings is 1. The van der Waals surface area contributed by atoms with Gasteiger partial charge in [-0.25, -0.2) is 0 Å². The van der Waals surface area contributed by atoms with Crippen molar-refractivity contribution in [3.8, 4) is 0 Å². The third kappa shape index (κ3) is 8.57. The fraction of sp³-hybridized carbons (Fsp3) is 0.467. The summed E-state index contributed by atoms with van der Waals surface area (Å²) in [6.45, 7) is 8.06. The Morgan fingerprint density at radius 2 is 1.81 bits per heavy atom. The van der Waals surface area contributed by atoms with Crippen LogP contribution >= 0.6 is 24.0 Å². The van der Waals surface area contributed by atoms with E-state index in [4.69, 9.17) is 12.2 Å². The van der Waals surface area contributed by atoms with Crippen LogP contribution in [0.25, 0.3) is 0 Å². The van der Waals surface area contributed by atoms with E-state index in [0.717, 1.165) is 5.75 Å². The number of carbonyl (C=O) groups excluding carboxylic acids is 1. The Balaban J connectivity index is 2.19. The van der Waals surface area contributed by atoms with E-state index in [1.165, 1.54) is 11.1 Å². The molecule has 0 aromatic heterocycles. The van der Waals surface area contributed by atoms with E-state index in [2.05, 4.69) is 47.4 Å². The van der Waals surface area contributed by atoms with Crippen LogP contribution in [0.2, 0.25) is 0 Å². The summed E-state index contributed by atoms with van der Waals surface area (Å²) in [6, 6.07) is 8.32. The van der Waals surface area contributed by atoms with Crippen molar-refractivity contribution in [1.29, 1.82) is 0 Å². The van der Waals surface area contributed by atoms with Crippen LogP contribution in [0.1, 0.15) is 31.9 Å². The van der Waals surface area contributed by atoms with E-state index in [1.807, 2.05) is 20.8 Å². The number of hydrogen-bond donors (Lipinski definition) is 3. The van der Waals surface area contributed by atoms with Gasteiger partial charge in [0.05, 0.1) is 5.75 Å².